The van der Waals surface area contributed by atoms with Crippen molar-refractivity contribution in [1.29, 1.82) is 0 Å². The van der Waals surface area contributed by atoms with Gasteiger partial charge in [0.2, 0.25) is 5.43 Å². The summed E-state index contributed by atoms with van der Waals surface area (Å²) in [4.78, 5) is 25.8. The van der Waals surface area contributed by atoms with Crippen LogP contribution in [0, 0.1) is 12.8 Å². The number of aryl methyl sites for hydroxylation is 1. The largest absolute Gasteiger partial charge is 0.346 e. The summed E-state index contributed by atoms with van der Waals surface area (Å²) in [5.74, 6) is 0.450. The van der Waals surface area contributed by atoms with Crippen LogP contribution in [0.1, 0.15) is 40.7 Å². The zero-order valence-corrected chi connectivity index (χ0v) is 14.4. The molecule has 1 aliphatic rings. The fourth-order valence-corrected chi connectivity index (χ4v) is 3.47. The van der Waals surface area contributed by atoms with Crippen molar-refractivity contribution < 1.29 is 4.79 Å². The molecule has 0 atom stereocenters. The molecule has 2 aromatic carbocycles. The van der Waals surface area contributed by atoms with Crippen LogP contribution in [-0.4, -0.2) is 10.4 Å². The first-order valence-corrected chi connectivity index (χ1v) is 8.87. The van der Waals surface area contributed by atoms with E-state index in [-0.39, 0.29) is 16.8 Å². The average Bonchev–Trinajstić information content (AvgIpc) is 2.60. The second kappa shape index (κ2) is 6.32. The van der Waals surface area contributed by atoms with E-state index in [2.05, 4.69) is 4.57 Å². The molecule has 0 aliphatic heterocycles. The van der Waals surface area contributed by atoms with E-state index in [1.807, 2.05) is 43.3 Å². The van der Waals surface area contributed by atoms with Gasteiger partial charge in [-0.05, 0) is 37.8 Å². The molecule has 0 radical (unpaired) electrons. The second-order valence-electron chi connectivity index (χ2n) is 7.03. The predicted molar refractivity (Wildman–Crippen MR) is 100 cm³/mol. The van der Waals surface area contributed by atoms with Crippen molar-refractivity contribution in [3.63, 3.8) is 0 Å². The Labute approximate surface area is 146 Å². The van der Waals surface area contributed by atoms with Crippen molar-refractivity contribution in [2.75, 3.05) is 0 Å². The number of carbonyl (C=O) groups is 1. The van der Waals surface area contributed by atoms with E-state index < -0.39 is 0 Å². The molecule has 0 bridgehead atoms. The number of carbonyl (C=O) groups excluding carboxylic acids is 1. The molecule has 1 aromatic heterocycles. The molecule has 3 heteroatoms. The van der Waals surface area contributed by atoms with Crippen LogP contribution in [0.4, 0.5) is 0 Å². The minimum absolute atomic E-state index is 0.175. The van der Waals surface area contributed by atoms with Crippen molar-refractivity contribution in [3.8, 4) is 0 Å². The molecule has 1 aliphatic carbocycles. The number of rotatable bonds is 4. The van der Waals surface area contributed by atoms with Crippen LogP contribution in [-0.2, 0) is 6.54 Å². The zero-order valence-electron chi connectivity index (χ0n) is 14.4. The van der Waals surface area contributed by atoms with Crippen LogP contribution in [0.25, 0.3) is 10.9 Å². The number of benzene rings is 2. The minimum atomic E-state index is -0.196. The van der Waals surface area contributed by atoms with Gasteiger partial charge in [0.15, 0.2) is 5.78 Å². The third-order valence-corrected chi connectivity index (χ3v) is 5.23. The van der Waals surface area contributed by atoms with Gasteiger partial charge in [0, 0.05) is 23.7 Å². The molecular weight excluding hydrogens is 310 g/mol. The Morgan fingerprint density at radius 3 is 2.48 bits per heavy atom. The smallest absolute Gasteiger partial charge is 0.200 e. The highest BCUT2D eigenvalue weighted by atomic mass is 16.1. The van der Waals surface area contributed by atoms with Crippen LogP contribution in [0.2, 0.25) is 0 Å². The minimum Gasteiger partial charge on any atom is -0.346 e. The van der Waals surface area contributed by atoms with Crippen molar-refractivity contribution in [2.24, 2.45) is 5.92 Å². The van der Waals surface area contributed by atoms with Gasteiger partial charge in [-0.25, -0.2) is 0 Å². The maximum Gasteiger partial charge on any atom is 0.200 e. The molecular formula is C22H21NO2. The highest BCUT2D eigenvalue weighted by molar-refractivity contribution is 6.10. The van der Waals surface area contributed by atoms with Gasteiger partial charge in [0.25, 0.3) is 0 Å². The number of hydrogen-bond donors (Lipinski definition) is 0. The molecule has 3 aromatic rings. The Morgan fingerprint density at radius 2 is 1.80 bits per heavy atom. The molecule has 3 nitrogen and oxygen atoms in total. The van der Waals surface area contributed by atoms with Gasteiger partial charge in [-0.2, -0.15) is 0 Å². The summed E-state index contributed by atoms with van der Waals surface area (Å²) in [5, 5.41) is 0.625. The molecule has 0 unspecified atom stereocenters. The topological polar surface area (TPSA) is 39.1 Å². The lowest BCUT2D eigenvalue weighted by Crippen LogP contribution is -2.23. The normalized spacial score (nSPS) is 14.4. The third-order valence-electron chi connectivity index (χ3n) is 5.23. The van der Waals surface area contributed by atoms with E-state index >= 15 is 0 Å². The highest BCUT2D eigenvalue weighted by Crippen LogP contribution is 2.29. The predicted octanol–water partition coefficient (Wildman–Crippen LogP) is 4.34. The van der Waals surface area contributed by atoms with E-state index in [1.165, 1.54) is 19.3 Å². The van der Waals surface area contributed by atoms with E-state index in [0.29, 0.717) is 16.9 Å². The number of fused-ring (bicyclic) bond motifs is 1. The Kier molecular flexibility index (Phi) is 4.00. The van der Waals surface area contributed by atoms with Crippen molar-refractivity contribution in [2.45, 2.75) is 32.7 Å². The van der Waals surface area contributed by atoms with Gasteiger partial charge in [-0.15, -0.1) is 0 Å². The Bertz CT molecular complexity index is 995. The summed E-state index contributed by atoms with van der Waals surface area (Å²) in [6.07, 6.45) is 5.49. The summed E-state index contributed by atoms with van der Waals surface area (Å²) >= 11 is 0. The molecule has 1 heterocycles. The van der Waals surface area contributed by atoms with Gasteiger partial charge in [0.05, 0.1) is 11.1 Å². The standard InChI is InChI=1S/C22H21NO2/c1-15-9-11-17(12-10-15)21(24)19-14-23(13-16-5-4-6-16)20-8-3-2-7-18(20)22(19)25/h2-3,7-12,14,16H,4-6,13H2,1H3. The average molecular weight is 331 g/mol. The summed E-state index contributed by atoms with van der Waals surface area (Å²) in [5.41, 5.74) is 2.67. The zero-order chi connectivity index (χ0) is 17.4. The van der Waals surface area contributed by atoms with E-state index in [9.17, 15) is 9.59 Å². The SMILES string of the molecule is Cc1ccc(C(=O)c2cn(CC3CCC3)c3ccccc3c2=O)cc1. The fraction of sp³-hybridized carbons (Fsp3) is 0.273. The first kappa shape index (κ1) is 15.8. The summed E-state index contributed by atoms with van der Waals surface area (Å²) < 4.78 is 2.10. The number of hydrogen-bond acceptors (Lipinski definition) is 2. The first-order valence-electron chi connectivity index (χ1n) is 8.87. The van der Waals surface area contributed by atoms with Gasteiger partial charge in [-0.3, -0.25) is 9.59 Å². The fourth-order valence-electron chi connectivity index (χ4n) is 3.47. The van der Waals surface area contributed by atoms with Crippen molar-refractivity contribution >= 4 is 16.7 Å². The maximum absolute atomic E-state index is 12.9. The Balaban J connectivity index is 1.85. The summed E-state index contributed by atoms with van der Waals surface area (Å²) in [6.45, 7) is 2.85. The summed E-state index contributed by atoms with van der Waals surface area (Å²) in [7, 11) is 0. The number of ketones is 1. The lowest BCUT2D eigenvalue weighted by Gasteiger charge is -2.27. The summed E-state index contributed by atoms with van der Waals surface area (Å²) in [6, 6.07) is 15.0. The van der Waals surface area contributed by atoms with Crippen molar-refractivity contribution in [1.82, 2.24) is 4.57 Å². The molecule has 1 saturated carbocycles. The van der Waals surface area contributed by atoms with E-state index in [0.717, 1.165) is 17.6 Å². The molecule has 4 rings (SSSR count). The van der Waals surface area contributed by atoms with Crippen LogP contribution in [0.3, 0.4) is 0 Å². The number of pyridine rings is 1. The van der Waals surface area contributed by atoms with Gasteiger partial charge in [0.1, 0.15) is 0 Å². The quantitative estimate of drug-likeness (QED) is 0.667. The van der Waals surface area contributed by atoms with E-state index in [4.69, 9.17) is 0 Å². The second-order valence-corrected chi connectivity index (χ2v) is 7.03. The molecule has 25 heavy (non-hydrogen) atoms. The van der Waals surface area contributed by atoms with Crippen molar-refractivity contribution in [3.05, 3.63) is 81.6 Å². The Morgan fingerprint density at radius 1 is 1.08 bits per heavy atom. The first-order chi connectivity index (χ1) is 12.1. The third kappa shape index (κ3) is 2.91. The van der Waals surface area contributed by atoms with Gasteiger partial charge in [-0.1, -0.05) is 48.4 Å². The maximum atomic E-state index is 12.9. The molecule has 0 saturated heterocycles. The number of para-hydroxylation sites is 1. The molecule has 126 valence electrons. The number of aromatic nitrogens is 1. The molecule has 0 spiro atoms. The van der Waals surface area contributed by atoms with Crippen LogP contribution in [0.15, 0.2) is 59.5 Å². The number of nitrogens with zero attached hydrogens (tertiary/aromatic N) is 1. The Hall–Kier alpha value is -2.68. The highest BCUT2D eigenvalue weighted by Gasteiger charge is 2.21. The lowest BCUT2D eigenvalue weighted by atomic mass is 9.85. The monoisotopic (exact) mass is 331 g/mol. The van der Waals surface area contributed by atoms with E-state index in [1.54, 1.807) is 18.3 Å². The van der Waals surface area contributed by atoms with Crippen LogP contribution >= 0.6 is 0 Å². The molecule has 0 amide bonds. The van der Waals surface area contributed by atoms with Crippen LogP contribution < -0.4 is 5.43 Å². The van der Waals surface area contributed by atoms with Crippen LogP contribution in [0.5, 0.6) is 0 Å². The lowest BCUT2D eigenvalue weighted by molar-refractivity contribution is 0.103. The van der Waals surface area contributed by atoms with Gasteiger partial charge >= 0.3 is 0 Å². The molecule has 0 N–H and O–H groups in total. The van der Waals surface area contributed by atoms with Gasteiger partial charge < -0.3 is 4.57 Å². The molecule has 1 fully saturated rings.